The summed E-state index contributed by atoms with van der Waals surface area (Å²) in [5, 5.41) is 0.820. The van der Waals surface area contributed by atoms with Crippen LogP contribution in [-0.2, 0) is 6.61 Å². The van der Waals surface area contributed by atoms with Gasteiger partial charge >= 0.3 is 0 Å². The van der Waals surface area contributed by atoms with Gasteiger partial charge in [0.25, 0.3) is 5.91 Å². The van der Waals surface area contributed by atoms with Gasteiger partial charge in [0.2, 0.25) is 0 Å². The summed E-state index contributed by atoms with van der Waals surface area (Å²) in [5.41, 5.74) is 8.79. The fourth-order valence-electron chi connectivity index (χ4n) is 4.88. The van der Waals surface area contributed by atoms with Crippen molar-refractivity contribution in [2.75, 3.05) is 13.1 Å². The van der Waals surface area contributed by atoms with E-state index in [4.69, 9.17) is 14.9 Å². The summed E-state index contributed by atoms with van der Waals surface area (Å²) in [5.74, 6) is 2.27. The van der Waals surface area contributed by atoms with E-state index in [1.807, 2.05) is 60.4 Å². The van der Waals surface area contributed by atoms with E-state index in [2.05, 4.69) is 0 Å². The van der Waals surface area contributed by atoms with E-state index >= 15 is 0 Å². The monoisotopic (exact) mass is 390 g/mol. The van der Waals surface area contributed by atoms with Crippen LogP contribution in [0.5, 0.6) is 5.75 Å². The normalized spacial score (nSPS) is 23.5. The number of carbonyl (C=O) groups excluding carboxylic acids is 1. The van der Waals surface area contributed by atoms with Crippen molar-refractivity contribution in [1.82, 2.24) is 4.90 Å². The van der Waals surface area contributed by atoms with Crippen LogP contribution in [0.15, 0.2) is 52.9 Å². The SMILES string of the molecule is Cc1oc2ccc(OCc3ccccc3)cc2c1C(=O)N1C[C@H]2CC[C@@H](C1)C2N. The third-order valence-electron chi connectivity index (χ3n) is 6.49. The number of fused-ring (bicyclic) bond motifs is 3. The van der Waals surface area contributed by atoms with Gasteiger partial charge < -0.3 is 19.8 Å². The molecule has 1 aliphatic carbocycles. The van der Waals surface area contributed by atoms with Crippen molar-refractivity contribution in [3.05, 3.63) is 65.4 Å². The molecule has 2 aromatic carbocycles. The fraction of sp³-hybridized carbons (Fsp3) is 0.375. The molecule has 3 atom stereocenters. The van der Waals surface area contributed by atoms with Gasteiger partial charge in [-0.3, -0.25) is 4.79 Å². The molecule has 5 rings (SSSR count). The number of amides is 1. The summed E-state index contributed by atoms with van der Waals surface area (Å²) in [6.07, 6.45) is 2.25. The lowest BCUT2D eigenvalue weighted by molar-refractivity contribution is 0.0637. The minimum atomic E-state index is 0.0465. The van der Waals surface area contributed by atoms with E-state index in [-0.39, 0.29) is 11.9 Å². The first-order chi connectivity index (χ1) is 14.1. The second-order valence-electron chi connectivity index (χ2n) is 8.35. The highest BCUT2D eigenvalue weighted by Crippen LogP contribution is 2.37. The zero-order chi connectivity index (χ0) is 20.0. The number of hydrogen-bond acceptors (Lipinski definition) is 4. The summed E-state index contributed by atoms with van der Waals surface area (Å²) >= 11 is 0. The van der Waals surface area contributed by atoms with E-state index in [1.54, 1.807) is 0 Å². The molecule has 5 nitrogen and oxygen atoms in total. The predicted octanol–water partition coefficient (Wildman–Crippen LogP) is 4.13. The molecule has 1 saturated heterocycles. The molecule has 2 aliphatic rings. The van der Waals surface area contributed by atoms with E-state index in [9.17, 15) is 4.79 Å². The summed E-state index contributed by atoms with van der Waals surface area (Å²) < 4.78 is 11.9. The average molecular weight is 390 g/mol. The number of aryl methyl sites for hydroxylation is 1. The van der Waals surface area contributed by atoms with Crippen molar-refractivity contribution in [2.24, 2.45) is 17.6 Å². The van der Waals surface area contributed by atoms with Crippen LogP contribution >= 0.6 is 0 Å². The number of furan rings is 1. The van der Waals surface area contributed by atoms with Crippen LogP contribution in [0, 0.1) is 18.8 Å². The van der Waals surface area contributed by atoms with Crippen LogP contribution in [0.2, 0.25) is 0 Å². The Kier molecular flexibility index (Phi) is 4.55. The smallest absolute Gasteiger partial charge is 0.258 e. The molecule has 2 fully saturated rings. The molecule has 1 unspecified atom stereocenters. The van der Waals surface area contributed by atoms with Crippen molar-refractivity contribution in [3.63, 3.8) is 0 Å². The molecular formula is C24H26N2O3. The fourth-order valence-corrected chi connectivity index (χ4v) is 4.88. The first-order valence-electron chi connectivity index (χ1n) is 10.3. The largest absolute Gasteiger partial charge is 0.489 e. The molecule has 2 N–H and O–H groups in total. The first-order valence-corrected chi connectivity index (χ1v) is 10.3. The van der Waals surface area contributed by atoms with Gasteiger partial charge in [0.05, 0.1) is 5.56 Å². The van der Waals surface area contributed by atoms with E-state index in [0.29, 0.717) is 29.8 Å². The molecule has 5 heteroatoms. The number of piperidine rings is 1. The van der Waals surface area contributed by atoms with Crippen molar-refractivity contribution in [1.29, 1.82) is 0 Å². The molecule has 1 aromatic heterocycles. The standard InChI is InChI=1S/C24H26N2O3/c1-15-22(24(27)26-12-17-7-8-18(13-26)23(17)25)20-11-19(9-10-21(20)29-15)28-14-16-5-3-2-4-6-16/h2-6,9-11,17-18,23H,7-8,12-14,25H2,1H3/t17-,18+,23?. The van der Waals surface area contributed by atoms with Gasteiger partial charge in [-0.15, -0.1) is 0 Å². The van der Waals surface area contributed by atoms with Crippen LogP contribution in [-0.4, -0.2) is 29.9 Å². The number of carbonyl (C=O) groups is 1. The average Bonchev–Trinajstić information content (AvgIpc) is 3.14. The molecule has 1 saturated carbocycles. The van der Waals surface area contributed by atoms with Crippen LogP contribution in [0.3, 0.4) is 0 Å². The van der Waals surface area contributed by atoms with Gasteiger partial charge in [0.15, 0.2) is 0 Å². The Morgan fingerprint density at radius 3 is 2.59 bits per heavy atom. The van der Waals surface area contributed by atoms with Crippen LogP contribution in [0.25, 0.3) is 11.0 Å². The van der Waals surface area contributed by atoms with Gasteiger partial charge in [-0.05, 0) is 55.4 Å². The Morgan fingerprint density at radius 2 is 1.86 bits per heavy atom. The molecule has 1 aliphatic heterocycles. The highest BCUT2D eigenvalue weighted by Gasteiger charge is 2.42. The third-order valence-corrected chi connectivity index (χ3v) is 6.49. The molecule has 1 amide bonds. The molecule has 150 valence electrons. The number of benzene rings is 2. The summed E-state index contributed by atoms with van der Waals surface area (Å²) in [7, 11) is 0. The Bertz CT molecular complexity index is 1030. The second-order valence-corrected chi connectivity index (χ2v) is 8.35. The Morgan fingerprint density at radius 1 is 1.14 bits per heavy atom. The van der Waals surface area contributed by atoms with Crippen molar-refractivity contribution >= 4 is 16.9 Å². The first kappa shape index (κ1) is 18.3. The second kappa shape index (κ2) is 7.23. The summed E-state index contributed by atoms with van der Waals surface area (Å²) in [6.45, 7) is 3.83. The van der Waals surface area contributed by atoms with Crippen molar-refractivity contribution in [2.45, 2.75) is 32.4 Å². The third kappa shape index (κ3) is 3.29. The highest BCUT2D eigenvalue weighted by atomic mass is 16.5. The van der Waals surface area contributed by atoms with Crippen molar-refractivity contribution < 1.29 is 13.9 Å². The number of nitrogens with zero attached hydrogens (tertiary/aromatic N) is 1. The number of nitrogens with two attached hydrogens (primary N) is 1. The maximum absolute atomic E-state index is 13.4. The van der Waals surface area contributed by atoms with Gasteiger partial charge in [-0.2, -0.15) is 0 Å². The minimum Gasteiger partial charge on any atom is -0.489 e. The van der Waals surface area contributed by atoms with Gasteiger partial charge in [-0.25, -0.2) is 0 Å². The minimum absolute atomic E-state index is 0.0465. The van der Waals surface area contributed by atoms with Gasteiger partial charge in [-0.1, -0.05) is 30.3 Å². The molecule has 3 aromatic rings. The lowest BCUT2D eigenvalue weighted by atomic mass is 9.92. The van der Waals surface area contributed by atoms with Crippen LogP contribution in [0.4, 0.5) is 0 Å². The molecule has 2 bridgehead atoms. The highest BCUT2D eigenvalue weighted by molar-refractivity contribution is 6.07. The molecule has 29 heavy (non-hydrogen) atoms. The predicted molar refractivity (Wildman–Crippen MR) is 112 cm³/mol. The zero-order valence-corrected chi connectivity index (χ0v) is 16.6. The number of rotatable bonds is 4. The topological polar surface area (TPSA) is 68.7 Å². The Hall–Kier alpha value is -2.79. The molecular weight excluding hydrogens is 364 g/mol. The summed E-state index contributed by atoms with van der Waals surface area (Å²) in [6, 6.07) is 16.0. The molecule has 0 spiro atoms. The van der Waals surface area contributed by atoms with Crippen LogP contribution in [0.1, 0.15) is 34.5 Å². The quantitative estimate of drug-likeness (QED) is 0.727. The number of likely N-dealkylation sites (tertiary alicyclic amines) is 1. The lowest BCUT2D eigenvalue weighted by Crippen LogP contribution is -2.50. The van der Waals surface area contributed by atoms with E-state index < -0.39 is 0 Å². The Labute approximate surface area is 170 Å². The van der Waals surface area contributed by atoms with Gasteiger partial charge in [0.1, 0.15) is 23.7 Å². The zero-order valence-electron chi connectivity index (χ0n) is 16.6. The molecule has 2 heterocycles. The Balaban J connectivity index is 1.41. The van der Waals surface area contributed by atoms with Crippen LogP contribution < -0.4 is 10.5 Å². The van der Waals surface area contributed by atoms with Gasteiger partial charge in [0, 0.05) is 24.5 Å². The maximum Gasteiger partial charge on any atom is 0.258 e. The number of hydrogen-bond donors (Lipinski definition) is 1. The van der Waals surface area contributed by atoms with E-state index in [1.165, 1.54) is 0 Å². The van der Waals surface area contributed by atoms with Crippen molar-refractivity contribution in [3.8, 4) is 5.75 Å². The lowest BCUT2D eigenvalue weighted by Gasteiger charge is -2.36. The summed E-state index contributed by atoms with van der Waals surface area (Å²) in [4.78, 5) is 15.4. The maximum atomic E-state index is 13.4. The molecule has 0 radical (unpaired) electrons. The van der Waals surface area contributed by atoms with E-state index in [0.717, 1.165) is 48.2 Å². The number of ether oxygens (including phenoxy) is 1.